The number of carbonyl (C=O) groups excluding carboxylic acids is 1. The molecule has 0 aromatic heterocycles. The number of aryl methyl sites for hydroxylation is 1. The van der Waals surface area contributed by atoms with E-state index in [2.05, 4.69) is 41.0 Å². The lowest BCUT2D eigenvalue weighted by Crippen LogP contribution is -2.42. The second kappa shape index (κ2) is 8.44. The molecule has 1 aliphatic carbocycles. The Labute approximate surface area is 173 Å². The summed E-state index contributed by atoms with van der Waals surface area (Å²) in [5.41, 5.74) is 2.06. The molecule has 0 bridgehead atoms. The molecular formula is C23H33N3O3. The second-order valence-electron chi connectivity index (χ2n) is 9.16. The molecule has 2 atom stereocenters. The molecular weight excluding hydrogens is 366 g/mol. The Morgan fingerprint density at radius 2 is 1.93 bits per heavy atom. The zero-order valence-electron chi connectivity index (χ0n) is 17.5. The second-order valence-corrected chi connectivity index (χ2v) is 9.16. The van der Waals surface area contributed by atoms with E-state index in [-0.39, 0.29) is 11.8 Å². The van der Waals surface area contributed by atoms with E-state index in [0.29, 0.717) is 13.1 Å². The van der Waals surface area contributed by atoms with Crippen LogP contribution in [0.15, 0.2) is 24.3 Å². The van der Waals surface area contributed by atoms with Crippen LogP contribution in [0.2, 0.25) is 0 Å². The van der Waals surface area contributed by atoms with Crippen LogP contribution in [-0.4, -0.2) is 77.5 Å². The maximum absolute atomic E-state index is 12.9. The number of carbonyl (C=O) groups is 2. The Bertz CT molecular complexity index is 767. The predicted molar refractivity (Wildman–Crippen MR) is 112 cm³/mol. The first kappa shape index (κ1) is 20.4. The smallest absolute Gasteiger partial charge is 0.311 e. The van der Waals surface area contributed by atoms with Crippen molar-refractivity contribution in [3.8, 4) is 0 Å². The molecule has 6 nitrogen and oxygen atoms in total. The van der Waals surface area contributed by atoms with E-state index >= 15 is 0 Å². The number of amides is 1. The van der Waals surface area contributed by atoms with Crippen LogP contribution in [0.1, 0.15) is 36.8 Å². The SMILES string of the molecule is Cc1ccccc1CN1CCCN(C(=O)CN2C[C@@H]3CCC[C@@]3(C(=O)O)C2)CC1. The quantitative estimate of drug-likeness (QED) is 0.823. The summed E-state index contributed by atoms with van der Waals surface area (Å²) in [7, 11) is 0. The molecule has 1 saturated carbocycles. The summed E-state index contributed by atoms with van der Waals surface area (Å²) in [5.74, 6) is -0.304. The van der Waals surface area contributed by atoms with Crippen molar-refractivity contribution in [1.82, 2.24) is 14.7 Å². The molecule has 1 aromatic carbocycles. The highest BCUT2D eigenvalue weighted by Crippen LogP contribution is 2.48. The highest BCUT2D eigenvalue weighted by molar-refractivity contribution is 5.79. The van der Waals surface area contributed by atoms with Crippen molar-refractivity contribution in [3.63, 3.8) is 0 Å². The van der Waals surface area contributed by atoms with E-state index in [1.807, 2.05) is 4.90 Å². The average molecular weight is 400 g/mol. The van der Waals surface area contributed by atoms with Crippen molar-refractivity contribution < 1.29 is 14.7 Å². The topological polar surface area (TPSA) is 64.1 Å². The number of hydrogen-bond acceptors (Lipinski definition) is 4. The van der Waals surface area contributed by atoms with Crippen LogP contribution >= 0.6 is 0 Å². The molecule has 0 unspecified atom stereocenters. The molecule has 2 saturated heterocycles. The number of rotatable bonds is 5. The van der Waals surface area contributed by atoms with Gasteiger partial charge < -0.3 is 10.0 Å². The van der Waals surface area contributed by atoms with Crippen molar-refractivity contribution in [2.75, 3.05) is 45.8 Å². The van der Waals surface area contributed by atoms with Gasteiger partial charge in [-0.3, -0.25) is 19.4 Å². The first-order chi connectivity index (χ1) is 14.0. The Hall–Kier alpha value is -1.92. The van der Waals surface area contributed by atoms with E-state index < -0.39 is 11.4 Å². The Morgan fingerprint density at radius 3 is 2.69 bits per heavy atom. The summed E-state index contributed by atoms with van der Waals surface area (Å²) in [6.45, 7) is 8.19. The fourth-order valence-corrected chi connectivity index (χ4v) is 5.56. The summed E-state index contributed by atoms with van der Waals surface area (Å²) in [6, 6.07) is 8.50. The standard InChI is InChI=1S/C23H33N3O3/c1-18-6-2-3-7-19(18)14-24-10-5-11-26(13-12-24)21(27)16-25-15-20-8-4-9-23(20,17-25)22(28)29/h2-3,6-7,20H,4-5,8-17H2,1H3,(H,28,29)/t20-,23+/m0/s1. The first-order valence-corrected chi connectivity index (χ1v) is 11.0. The lowest BCUT2D eigenvalue weighted by molar-refractivity contribution is -0.149. The minimum absolute atomic E-state index is 0.156. The van der Waals surface area contributed by atoms with Gasteiger partial charge in [-0.05, 0) is 43.2 Å². The minimum atomic E-state index is -0.670. The van der Waals surface area contributed by atoms with Crippen LogP contribution in [0.5, 0.6) is 0 Å². The summed E-state index contributed by atoms with van der Waals surface area (Å²) in [4.78, 5) is 31.3. The highest BCUT2D eigenvalue weighted by Gasteiger charge is 2.54. The number of hydrogen-bond donors (Lipinski definition) is 1. The van der Waals surface area contributed by atoms with Gasteiger partial charge in [0.25, 0.3) is 0 Å². The van der Waals surface area contributed by atoms with E-state index in [4.69, 9.17) is 0 Å². The van der Waals surface area contributed by atoms with Crippen LogP contribution < -0.4 is 0 Å². The van der Waals surface area contributed by atoms with Gasteiger partial charge >= 0.3 is 5.97 Å². The lowest BCUT2D eigenvalue weighted by Gasteiger charge is -2.26. The zero-order valence-corrected chi connectivity index (χ0v) is 17.5. The third kappa shape index (κ3) is 4.19. The van der Waals surface area contributed by atoms with Gasteiger partial charge in [-0.25, -0.2) is 0 Å². The molecule has 3 fully saturated rings. The fraction of sp³-hybridized carbons (Fsp3) is 0.652. The van der Waals surface area contributed by atoms with Gasteiger partial charge in [0.15, 0.2) is 0 Å². The van der Waals surface area contributed by atoms with Crippen molar-refractivity contribution in [3.05, 3.63) is 35.4 Å². The number of likely N-dealkylation sites (tertiary alicyclic amines) is 1. The molecule has 6 heteroatoms. The van der Waals surface area contributed by atoms with E-state index in [9.17, 15) is 14.7 Å². The van der Waals surface area contributed by atoms with Crippen LogP contribution in [0.3, 0.4) is 0 Å². The highest BCUT2D eigenvalue weighted by atomic mass is 16.4. The third-order valence-electron chi connectivity index (χ3n) is 7.32. The number of carboxylic acid groups (broad SMARTS) is 1. The fourth-order valence-electron chi connectivity index (χ4n) is 5.56. The number of benzene rings is 1. The van der Waals surface area contributed by atoms with Crippen molar-refractivity contribution >= 4 is 11.9 Å². The summed E-state index contributed by atoms with van der Waals surface area (Å²) >= 11 is 0. The van der Waals surface area contributed by atoms with Gasteiger partial charge in [0.2, 0.25) is 5.91 Å². The Kier molecular flexibility index (Phi) is 5.93. The Balaban J connectivity index is 1.30. The van der Waals surface area contributed by atoms with Crippen LogP contribution in [0.25, 0.3) is 0 Å². The average Bonchev–Trinajstić information content (AvgIpc) is 3.14. The number of aliphatic carboxylic acids is 1. The number of nitrogens with zero attached hydrogens (tertiary/aromatic N) is 3. The largest absolute Gasteiger partial charge is 0.481 e. The summed E-state index contributed by atoms with van der Waals surface area (Å²) in [6.07, 6.45) is 3.73. The van der Waals surface area contributed by atoms with Crippen molar-refractivity contribution in [1.29, 1.82) is 0 Å². The van der Waals surface area contributed by atoms with Gasteiger partial charge in [0, 0.05) is 45.8 Å². The molecule has 29 heavy (non-hydrogen) atoms. The summed E-state index contributed by atoms with van der Waals surface area (Å²) < 4.78 is 0. The molecule has 158 valence electrons. The predicted octanol–water partition coefficient (Wildman–Crippen LogP) is 2.22. The molecule has 4 rings (SSSR count). The van der Waals surface area contributed by atoms with Gasteiger partial charge in [0.05, 0.1) is 12.0 Å². The number of fused-ring (bicyclic) bond motifs is 1. The van der Waals surface area contributed by atoms with Crippen LogP contribution in [0, 0.1) is 18.3 Å². The van der Waals surface area contributed by atoms with Crippen molar-refractivity contribution in [2.45, 2.75) is 39.2 Å². The molecule has 1 N–H and O–H groups in total. The first-order valence-electron chi connectivity index (χ1n) is 11.0. The number of carboxylic acids is 1. The molecule has 2 aliphatic heterocycles. The zero-order chi connectivity index (χ0) is 20.4. The molecule has 1 aromatic rings. The third-order valence-corrected chi connectivity index (χ3v) is 7.32. The monoisotopic (exact) mass is 399 g/mol. The van der Waals surface area contributed by atoms with E-state index in [0.717, 1.165) is 65.0 Å². The molecule has 0 spiro atoms. The molecule has 1 amide bonds. The van der Waals surface area contributed by atoms with Gasteiger partial charge in [-0.1, -0.05) is 30.7 Å². The van der Waals surface area contributed by atoms with Crippen LogP contribution in [0.4, 0.5) is 0 Å². The normalized spacial score (nSPS) is 28.3. The molecule has 2 heterocycles. The molecule has 0 radical (unpaired) electrons. The lowest BCUT2D eigenvalue weighted by atomic mass is 9.81. The van der Waals surface area contributed by atoms with Crippen molar-refractivity contribution in [2.24, 2.45) is 11.3 Å². The maximum atomic E-state index is 12.9. The van der Waals surface area contributed by atoms with Crippen LogP contribution in [-0.2, 0) is 16.1 Å². The summed E-state index contributed by atoms with van der Waals surface area (Å²) in [5, 5.41) is 9.75. The van der Waals surface area contributed by atoms with E-state index in [1.165, 1.54) is 11.1 Å². The van der Waals surface area contributed by atoms with Gasteiger partial charge in [-0.15, -0.1) is 0 Å². The van der Waals surface area contributed by atoms with Gasteiger partial charge in [0.1, 0.15) is 0 Å². The van der Waals surface area contributed by atoms with E-state index in [1.54, 1.807) is 0 Å². The van der Waals surface area contributed by atoms with Gasteiger partial charge in [-0.2, -0.15) is 0 Å². The molecule has 3 aliphatic rings. The minimum Gasteiger partial charge on any atom is -0.481 e. The Morgan fingerprint density at radius 1 is 1.10 bits per heavy atom. The maximum Gasteiger partial charge on any atom is 0.311 e.